The Labute approximate surface area is 213 Å². The fourth-order valence-electron chi connectivity index (χ4n) is 3.47. The van der Waals surface area contributed by atoms with E-state index in [2.05, 4.69) is 29.9 Å². The highest BCUT2D eigenvalue weighted by Gasteiger charge is 2.28. The maximum absolute atomic E-state index is 13.1. The molecular weight excluding hydrogens is 502 g/mol. The second-order valence-corrected chi connectivity index (χ2v) is 9.54. The van der Waals surface area contributed by atoms with Gasteiger partial charge in [0.1, 0.15) is 34.7 Å². The van der Waals surface area contributed by atoms with E-state index in [1.54, 1.807) is 43.3 Å². The fraction of sp³-hybridized carbons (Fsp3) is 0.261. The maximum Gasteiger partial charge on any atom is 0.243 e. The lowest BCUT2D eigenvalue weighted by molar-refractivity contribution is 0.191. The van der Waals surface area contributed by atoms with Crippen LogP contribution in [0, 0.1) is 6.92 Å². The predicted molar refractivity (Wildman–Crippen MR) is 133 cm³/mol. The number of hydrogen-bond acceptors (Lipinski definition) is 11. The van der Waals surface area contributed by atoms with E-state index in [9.17, 15) is 13.5 Å². The van der Waals surface area contributed by atoms with Crippen LogP contribution in [0.15, 0.2) is 48.8 Å². The summed E-state index contributed by atoms with van der Waals surface area (Å²) in [6, 6.07) is 10.1. The average Bonchev–Trinajstić information content (AvgIpc) is 3.30. The molecule has 4 aromatic rings. The third-order valence-corrected chi connectivity index (χ3v) is 6.42. The molecule has 2 N–H and O–H groups in total. The van der Waals surface area contributed by atoms with Crippen molar-refractivity contribution in [3.05, 3.63) is 60.2 Å². The van der Waals surface area contributed by atoms with Gasteiger partial charge in [-0.2, -0.15) is 0 Å². The van der Waals surface area contributed by atoms with Crippen LogP contribution in [0.1, 0.15) is 17.5 Å². The predicted octanol–water partition coefficient (Wildman–Crippen LogP) is 1.93. The zero-order valence-electron chi connectivity index (χ0n) is 20.5. The monoisotopic (exact) mass is 527 g/mol. The molecule has 0 amide bonds. The summed E-state index contributed by atoms with van der Waals surface area (Å²) in [5.74, 6) is 0.293. The summed E-state index contributed by atoms with van der Waals surface area (Å²) in [4.78, 5) is 12.4. The Morgan fingerprint density at radius 1 is 0.973 bits per heavy atom. The first-order valence-electron chi connectivity index (χ1n) is 10.9. The van der Waals surface area contributed by atoms with Crippen LogP contribution in [-0.2, 0) is 10.0 Å². The molecule has 13 nitrogen and oxygen atoms in total. The van der Waals surface area contributed by atoms with Gasteiger partial charge in [-0.15, -0.1) is 10.2 Å². The molecule has 3 heterocycles. The number of aliphatic hydroxyl groups is 1. The molecule has 1 aromatic carbocycles. The largest absolute Gasteiger partial charge is 0.494 e. The van der Waals surface area contributed by atoms with E-state index in [4.69, 9.17) is 14.2 Å². The normalized spacial score (nSPS) is 12.1. The van der Waals surface area contributed by atoms with Crippen LogP contribution in [0.3, 0.4) is 0 Å². The fourth-order valence-corrected chi connectivity index (χ4v) is 4.53. The number of aryl methyl sites for hydroxylation is 1. The Kier molecular flexibility index (Phi) is 7.50. The highest BCUT2D eigenvalue weighted by atomic mass is 32.2. The van der Waals surface area contributed by atoms with Gasteiger partial charge in [-0.3, -0.25) is 9.29 Å². The van der Waals surface area contributed by atoms with Crippen molar-refractivity contribution in [2.75, 3.05) is 31.8 Å². The number of nitrogens with one attached hydrogen (secondary N) is 1. The smallest absolute Gasteiger partial charge is 0.243 e. The number of aliphatic hydroxyl groups excluding tert-OH is 1. The van der Waals surface area contributed by atoms with Crippen molar-refractivity contribution >= 4 is 16.0 Å². The summed E-state index contributed by atoms with van der Waals surface area (Å²) in [7, 11) is 0.234. The van der Waals surface area contributed by atoms with Gasteiger partial charge < -0.3 is 19.3 Å². The van der Waals surface area contributed by atoms with Crippen molar-refractivity contribution in [2.45, 2.75) is 13.0 Å². The molecule has 3 aromatic heterocycles. The molecule has 1 atom stereocenters. The summed E-state index contributed by atoms with van der Waals surface area (Å²) in [6.07, 6.45) is 1.50. The van der Waals surface area contributed by atoms with Crippen molar-refractivity contribution < 1.29 is 27.7 Å². The van der Waals surface area contributed by atoms with Crippen LogP contribution in [0.5, 0.6) is 17.4 Å². The van der Waals surface area contributed by atoms with Crippen molar-refractivity contribution in [1.29, 1.82) is 0 Å². The number of anilines is 1. The summed E-state index contributed by atoms with van der Waals surface area (Å²) < 4.78 is 46.3. The molecule has 0 aliphatic rings. The molecule has 0 bridgehead atoms. The van der Waals surface area contributed by atoms with E-state index in [1.165, 1.54) is 38.3 Å². The van der Waals surface area contributed by atoms with Crippen molar-refractivity contribution in [3.63, 3.8) is 0 Å². The number of hydrogen-bond donors (Lipinski definition) is 2. The van der Waals surface area contributed by atoms with E-state index < -0.39 is 21.9 Å². The van der Waals surface area contributed by atoms with Gasteiger partial charge in [0.05, 0.1) is 21.3 Å². The number of para-hydroxylation sites is 1. The Balaban J connectivity index is 1.80. The lowest BCUT2D eigenvalue weighted by Crippen LogP contribution is -2.24. The van der Waals surface area contributed by atoms with Crippen LogP contribution >= 0.6 is 0 Å². The number of benzene rings is 1. The molecule has 4 rings (SSSR count). The first kappa shape index (κ1) is 25.8. The number of rotatable bonds is 10. The van der Waals surface area contributed by atoms with Gasteiger partial charge >= 0.3 is 0 Å². The quantitative estimate of drug-likeness (QED) is 0.310. The van der Waals surface area contributed by atoms with E-state index in [0.717, 1.165) is 5.56 Å². The summed E-state index contributed by atoms with van der Waals surface area (Å²) in [5.41, 5.74) is 1.45. The molecular formula is C23H25N7O6S. The van der Waals surface area contributed by atoms with Crippen molar-refractivity contribution in [1.82, 2.24) is 29.7 Å². The molecule has 0 fully saturated rings. The molecule has 0 saturated carbocycles. The van der Waals surface area contributed by atoms with Crippen LogP contribution in [0.4, 0.5) is 5.95 Å². The summed E-state index contributed by atoms with van der Waals surface area (Å²) in [6.45, 7) is 1.78. The van der Waals surface area contributed by atoms with Gasteiger partial charge in [0.25, 0.3) is 0 Å². The minimum absolute atomic E-state index is 0.0230. The van der Waals surface area contributed by atoms with Gasteiger partial charge in [0.2, 0.25) is 21.9 Å². The Morgan fingerprint density at radius 3 is 2.24 bits per heavy atom. The van der Waals surface area contributed by atoms with Gasteiger partial charge in [-0.25, -0.2) is 23.4 Å². The van der Waals surface area contributed by atoms with E-state index in [0.29, 0.717) is 28.8 Å². The molecule has 0 aliphatic heterocycles. The third-order valence-electron chi connectivity index (χ3n) is 5.17. The number of pyridine rings is 1. The molecule has 0 unspecified atom stereocenters. The minimum Gasteiger partial charge on any atom is -0.494 e. The highest BCUT2D eigenvalue weighted by molar-refractivity contribution is 7.92. The highest BCUT2D eigenvalue weighted by Crippen LogP contribution is 2.37. The lowest BCUT2D eigenvalue weighted by Gasteiger charge is -2.18. The second kappa shape index (κ2) is 10.8. The third kappa shape index (κ3) is 5.59. The lowest BCUT2D eigenvalue weighted by atomic mass is 10.2. The van der Waals surface area contributed by atoms with Crippen LogP contribution < -0.4 is 18.9 Å². The Bertz CT molecular complexity index is 1470. The number of sulfonamides is 1. The molecule has 0 aliphatic carbocycles. The SMILES string of the molecule is COc1cccc(-c2nnc(NS(=O)(=O)C[C@@H](O)c3ncc(C)cn3)n2-c2c(OC)cccc2OC)n1. The number of methoxy groups -OCH3 is 3. The van der Waals surface area contributed by atoms with Gasteiger partial charge in [0.15, 0.2) is 11.6 Å². The summed E-state index contributed by atoms with van der Waals surface area (Å²) in [5, 5.41) is 18.7. The van der Waals surface area contributed by atoms with Crippen LogP contribution in [-0.4, -0.2) is 70.3 Å². The first-order valence-corrected chi connectivity index (χ1v) is 12.6. The molecule has 14 heteroatoms. The summed E-state index contributed by atoms with van der Waals surface area (Å²) >= 11 is 0. The molecule has 194 valence electrons. The number of ether oxygens (including phenoxy) is 3. The Hall–Kier alpha value is -4.30. The first-order chi connectivity index (χ1) is 17.8. The van der Waals surface area contributed by atoms with Crippen molar-refractivity contribution in [3.8, 4) is 34.6 Å². The average molecular weight is 528 g/mol. The molecule has 0 radical (unpaired) electrons. The maximum atomic E-state index is 13.1. The van der Waals surface area contributed by atoms with E-state index >= 15 is 0 Å². The van der Waals surface area contributed by atoms with E-state index in [-0.39, 0.29) is 17.6 Å². The molecule has 0 spiro atoms. The molecule has 0 saturated heterocycles. The van der Waals surface area contributed by atoms with Crippen LogP contribution in [0.2, 0.25) is 0 Å². The minimum atomic E-state index is -4.17. The number of nitrogens with zero attached hydrogens (tertiary/aromatic N) is 6. The molecule has 37 heavy (non-hydrogen) atoms. The van der Waals surface area contributed by atoms with Crippen LogP contribution in [0.25, 0.3) is 17.2 Å². The standard InChI is InChI=1S/C23H25N7O6S/c1-14-11-24-21(25-12-14)16(31)13-37(32,33)29-23-28-27-22(15-7-5-10-19(26-15)36-4)30(23)20-17(34-2)8-6-9-18(20)35-3/h5-12,16,31H,13H2,1-4H3,(H,28,29)/t16-/m1/s1. The second-order valence-electron chi connectivity index (χ2n) is 7.78. The van der Waals surface area contributed by atoms with Gasteiger partial charge in [-0.1, -0.05) is 12.1 Å². The van der Waals surface area contributed by atoms with Gasteiger partial charge in [0, 0.05) is 18.5 Å². The van der Waals surface area contributed by atoms with Crippen molar-refractivity contribution in [2.24, 2.45) is 0 Å². The van der Waals surface area contributed by atoms with E-state index in [1.807, 2.05) is 0 Å². The zero-order valence-corrected chi connectivity index (χ0v) is 21.3. The number of aromatic nitrogens is 6. The van der Waals surface area contributed by atoms with Gasteiger partial charge in [-0.05, 0) is 30.7 Å². The topological polar surface area (TPSA) is 163 Å². The zero-order chi connectivity index (χ0) is 26.6. The Morgan fingerprint density at radius 2 is 1.62 bits per heavy atom.